The summed E-state index contributed by atoms with van der Waals surface area (Å²) in [6, 6.07) is 15.8. The van der Waals surface area contributed by atoms with Crippen LogP contribution in [-0.2, 0) is 0 Å². The minimum atomic E-state index is 0.115. The second-order valence-electron chi connectivity index (χ2n) is 8.60. The molecule has 0 bridgehead atoms. The Labute approximate surface area is 180 Å². The molecule has 2 aromatic heterocycles. The number of imidazole rings is 1. The Kier molecular flexibility index (Phi) is 4.37. The van der Waals surface area contributed by atoms with Crippen molar-refractivity contribution < 1.29 is 9.53 Å². The van der Waals surface area contributed by atoms with Gasteiger partial charge in [-0.25, -0.2) is 9.97 Å². The third kappa shape index (κ3) is 3.52. The highest BCUT2D eigenvalue weighted by molar-refractivity contribution is 5.98. The summed E-state index contributed by atoms with van der Waals surface area (Å²) in [5.74, 6) is 2.51. The Morgan fingerprint density at radius 1 is 1.00 bits per heavy atom. The molecule has 2 aromatic carbocycles. The van der Waals surface area contributed by atoms with Crippen molar-refractivity contribution in [3.05, 3.63) is 60.4 Å². The fourth-order valence-corrected chi connectivity index (χ4v) is 4.25. The number of rotatable bonds is 5. The van der Waals surface area contributed by atoms with E-state index in [1.54, 1.807) is 6.33 Å². The van der Waals surface area contributed by atoms with Crippen LogP contribution in [0.15, 0.2) is 54.9 Å². The van der Waals surface area contributed by atoms with E-state index in [0.29, 0.717) is 0 Å². The van der Waals surface area contributed by atoms with Crippen LogP contribution in [0.1, 0.15) is 36.0 Å². The van der Waals surface area contributed by atoms with Crippen LogP contribution in [0.2, 0.25) is 0 Å². The molecule has 0 N–H and O–H groups in total. The number of amides is 1. The molecule has 2 aliphatic rings. The molecule has 0 radical (unpaired) electrons. The molecule has 1 saturated carbocycles. The van der Waals surface area contributed by atoms with Gasteiger partial charge >= 0.3 is 0 Å². The highest BCUT2D eigenvalue weighted by Crippen LogP contribution is 2.30. The van der Waals surface area contributed by atoms with Gasteiger partial charge in [-0.1, -0.05) is 0 Å². The molecule has 0 atom stereocenters. The number of hydrogen-bond acceptors (Lipinski definition) is 4. The molecule has 1 amide bonds. The lowest BCUT2D eigenvalue weighted by atomic mass is 10.1. The van der Waals surface area contributed by atoms with E-state index < -0.39 is 0 Å². The van der Waals surface area contributed by atoms with Gasteiger partial charge in [-0.3, -0.25) is 9.36 Å². The molecule has 6 rings (SSSR count). The van der Waals surface area contributed by atoms with Crippen LogP contribution >= 0.6 is 0 Å². The molecular formula is C25H24N4O2. The number of likely N-dealkylation sites (tertiary alicyclic amines) is 1. The Morgan fingerprint density at radius 2 is 1.87 bits per heavy atom. The van der Waals surface area contributed by atoms with E-state index in [9.17, 15) is 4.79 Å². The molecule has 1 aliphatic carbocycles. The molecule has 1 saturated heterocycles. The molecule has 156 valence electrons. The number of fused-ring (bicyclic) bond motifs is 2. The minimum absolute atomic E-state index is 0.115. The number of nitrogens with zero attached hydrogens (tertiary/aromatic N) is 4. The molecule has 31 heavy (non-hydrogen) atoms. The Bertz CT molecular complexity index is 1290. The van der Waals surface area contributed by atoms with Gasteiger partial charge in [0, 0.05) is 30.1 Å². The van der Waals surface area contributed by atoms with E-state index in [1.165, 1.54) is 12.8 Å². The lowest BCUT2D eigenvalue weighted by Crippen LogP contribution is -2.27. The molecule has 0 spiro atoms. The highest BCUT2D eigenvalue weighted by Gasteiger charge is 2.22. The van der Waals surface area contributed by atoms with Gasteiger partial charge < -0.3 is 9.64 Å². The van der Waals surface area contributed by atoms with E-state index in [0.717, 1.165) is 77.5 Å². The van der Waals surface area contributed by atoms with E-state index in [-0.39, 0.29) is 5.91 Å². The summed E-state index contributed by atoms with van der Waals surface area (Å²) in [6.07, 6.45) is 6.54. The maximum absolute atomic E-state index is 12.7. The van der Waals surface area contributed by atoms with Crippen LogP contribution in [0.3, 0.4) is 0 Å². The normalized spacial score (nSPS) is 16.3. The van der Waals surface area contributed by atoms with E-state index in [4.69, 9.17) is 9.72 Å². The summed E-state index contributed by atoms with van der Waals surface area (Å²) in [5, 5.41) is 0.967. The van der Waals surface area contributed by atoms with Crippen LogP contribution in [0.4, 0.5) is 0 Å². The van der Waals surface area contributed by atoms with Crippen LogP contribution < -0.4 is 4.74 Å². The van der Waals surface area contributed by atoms with Gasteiger partial charge in [0.05, 0.1) is 23.2 Å². The predicted octanol–water partition coefficient (Wildman–Crippen LogP) is 4.60. The van der Waals surface area contributed by atoms with E-state index in [2.05, 4.69) is 4.98 Å². The maximum atomic E-state index is 12.7. The average Bonchev–Trinajstić information content (AvgIpc) is 3.30. The number of benzene rings is 2. The standard InChI is InChI=1S/C25H24N4O2/c30-25(28-11-1-2-12-28)19-5-8-21-18(13-19)6-10-24(27-21)29-16-26-22-14-20(7-9-23(22)29)31-15-17-3-4-17/h5-10,13-14,16-17H,1-4,11-12,15H2. The number of ether oxygens (including phenoxy) is 1. The molecule has 0 unspecified atom stereocenters. The van der Waals surface area contributed by atoms with Crippen molar-refractivity contribution in [2.24, 2.45) is 5.92 Å². The summed E-state index contributed by atoms with van der Waals surface area (Å²) in [7, 11) is 0. The van der Waals surface area contributed by atoms with Crippen molar-refractivity contribution in [1.29, 1.82) is 0 Å². The van der Waals surface area contributed by atoms with Gasteiger partial charge in [0.25, 0.3) is 5.91 Å². The first-order valence-electron chi connectivity index (χ1n) is 11.0. The first kappa shape index (κ1) is 18.4. The van der Waals surface area contributed by atoms with Gasteiger partial charge in [-0.05, 0) is 74.1 Å². The fraction of sp³-hybridized carbons (Fsp3) is 0.320. The minimum Gasteiger partial charge on any atom is -0.493 e. The number of pyridine rings is 1. The summed E-state index contributed by atoms with van der Waals surface area (Å²) >= 11 is 0. The van der Waals surface area contributed by atoms with E-state index in [1.807, 2.05) is 58.0 Å². The third-order valence-corrected chi connectivity index (χ3v) is 6.26. The Morgan fingerprint density at radius 3 is 2.71 bits per heavy atom. The zero-order chi connectivity index (χ0) is 20.8. The van der Waals surface area contributed by atoms with Crippen LogP contribution in [0.5, 0.6) is 5.75 Å². The van der Waals surface area contributed by atoms with Gasteiger partial charge in [0.15, 0.2) is 0 Å². The van der Waals surface area contributed by atoms with Gasteiger partial charge in [0.1, 0.15) is 17.9 Å². The van der Waals surface area contributed by atoms with Crippen molar-refractivity contribution >= 4 is 27.8 Å². The van der Waals surface area contributed by atoms with Gasteiger partial charge in [-0.2, -0.15) is 0 Å². The number of hydrogen-bond donors (Lipinski definition) is 0. The molecular weight excluding hydrogens is 388 g/mol. The zero-order valence-electron chi connectivity index (χ0n) is 17.3. The largest absolute Gasteiger partial charge is 0.493 e. The smallest absolute Gasteiger partial charge is 0.253 e. The zero-order valence-corrected chi connectivity index (χ0v) is 17.3. The van der Waals surface area contributed by atoms with Crippen LogP contribution in [0, 0.1) is 5.92 Å². The predicted molar refractivity (Wildman–Crippen MR) is 120 cm³/mol. The van der Waals surface area contributed by atoms with Crippen LogP contribution in [0.25, 0.3) is 27.8 Å². The molecule has 3 heterocycles. The third-order valence-electron chi connectivity index (χ3n) is 6.26. The Balaban J connectivity index is 1.29. The second-order valence-corrected chi connectivity index (χ2v) is 8.60. The van der Waals surface area contributed by atoms with Crippen molar-refractivity contribution in [1.82, 2.24) is 19.4 Å². The quantitative estimate of drug-likeness (QED) is 0.481. The average molecular weight is 412 g/mol. The first-order chi connectivity index (χ1) is 15.2. The monoisotopic (exact) mass is 412 g/mol. The summed E-state index contributed by atoms with van der Waals surface area (Å²) in [5.41, 5.74) is 3.48. The summed E-state index contributed by atoms with van der Waals surface area (Å²) in [4.78, 5) is 24.0. The molecule has 2 fully saturated rings. The molecule has 6 heteroatoms. The van der Waals surface area contributed by atoms with Crippen molar-refractivity contribution in [3.8, 4) is 11.6 Å². The molecule has 1 aliphatic heterocycles. The van der Waals surface area contributed by atoms with Gasteiger partial charge in [0.2, 0.25) is 0 Å². The topological polar surface area (TPSA) is 60.3 Å². The lowest BCUT2D eigenvalue weighted by Gasteiger charge is -2.15. The molecule has 6 nitrogen and oxygen atoms in total. The highest BCUT2D eigenvalue weighted by atomic mass is 16.5. The number of aromatic nitrogens is 3. The summed E-state index contributed by atoms with van der Waals surface area (Å²) < 4.78 is 7.87. The fourth-order valence-electron chi connectivity index (χ4n) is 4.25. The van der Waals surface area contributed by atoms with Crippen molar-refractivity contribution in [2.75, 3.05) is 19.7 Å². The van der Waals surface area contributed by atoms with E-state index >= 15 is 0 Å². The summed E-state index contributed by atoms with van der Waals surface area (Å²) in [6.45, 7) is 2.50. The maximum Gasteiger partial charge on any atom is 0.253 e. The Hall–Kier alpha value is -3.41. The van der Waals surface area contributed by atoms with Crippen molar-refractivity contribution in [3.63, 3.8) is 0 Å². The first-order valence-corrected chi connectivity index (χ1v) is 11.0. The van der Waals surface area contributed by atoms with Crippen molar-refractivity contribution in [2.45, 2.75) is 25.7 Å². The van der Waals surface area contributed by atoms with Crippen LogP contribution in [-0.4, -0.2) is 45.0 Å². The number of carbonyl (C=O) groups is 1. The van der Waals surface area contributed by atoms with Gasteiger partial charge in [-0.15, -0.1) is 0 Å². The number of carbonyl (C=O) groups excluding carboxylic acids is 1. The molecule has 4 aromatic rings. The SMILES string of the molecule is O=C(c1ccc2nc(-n3cnc4cc(OCC5CC5)ccc43)ccc2c1)N1CCCC1. The lowest BCUT2D eigenvalue weighted by molar-refractivity contribution is 0.0793. The second kappa shape index (κ2) is 7.38.